The number of amides is 2. The van der Waals surface area contributed by atoms with E-state index in [0.29, 0.717) is 13.0 Å². The number of hydrogen-bond donors (Lipinski definition) is 2. The number of para-hydroxylation sites is 1. The minimum Gasteiger partial charge on any atom is -0.337 e. The summed E-state index contributed by atoms with van der Waals surface area (Å²) in [5, 5.41) is 5.88. The Balaban J connectivity index is 1.33. The van der Waals surface area contributed by atoms with Gasteiger partial charge in [0.15, 0.2) is 0 Å². The lowest BCUT2D eigenvalue weighted by Gasteiger charge is -2.12. The molecule has 4 aromatic rings. The SMILES string of the molecule is O=C(NCCc1cn2ccccc2n1)Nc1ccccc1Cc1ccccc1. The lowest BCUT2D eigenvalue weighted by Crippen LogP contribution is -2.30. The van der Waals surface area contributed by atoms with Crippen LogP contribution in [0.5, 0.6) is 0 Å². The molecule has 2 N–H and O–H groups in total. The number of carbonyl (C=O) groups excluding carboxylic acids is 1. The van der Waals surface area contributed by atoms with Crippen LogP contribution in [0.1, 0.15) is 16.8 Å². The van der Waals surface area contributed by atoms with Crippen LogP contribution < -0.4 is 10.6 Å². The average Bonchev–Trinajstić information content (AvgIpc) is 3.13. The van der Waals surface area contributed by atoms with Crippen molar-refractivity contribution in [3.05, 3.63) is 102 Å². The molecule has 0 saturated heterocycles. The van der Waals surface area contributed by atoms with E-state index >= 15 is 0 Å². The molecule has 5 heteroatoms. The molecule has 0 aliphatic heterocycles. The Hall–Kier alpha value is -3.60. The lowest BCUT2D eigenvalue weighted by molar-refractivity contribution is 0.252. The zero-order chi connectivity index (χ0) is 19.2. The Kier molecular flexibility index (Phi) is 5.33. The van der Waals surface area contributed by atoms with Crippen molar-refractivity contribution in [2.24, 2.45) is 0 Å². The maximum Gasteiger partial charge on any atom is 0.319 e. The second-order valence-corrected chi connectivity index (χ2v) is 6.65. The Bertz CT molecular complexity index is 1040. The van der Waals surface area contributed by atoms with Crippen molar-refractivity contribution in [2.45, 2.75) is 12.8 Å². The molecule has 0 saturated carbocycles. The molecule has 2 heterocycles. The lowest BCUT2D eigenvalue weighted by atomic mass is 10.0. The van der Waals surface area contributed by atoms with E-state index < -0.39 is 0 Å². The summed E-state index contributed by atoms with van der Waals surface area (Å²) in [6.45, 7) is 0.524. The number of rotatable bonds is 6. The summed E-state index contributed by atoms with van der Waals surface area (Å²) in [6, 6.07) is 23.8. The predicted octanol–water partition coefficient (Wildman–Crippen LogP) is 4.29. The summed E-state index contributed by atoms with van der Waals surface area (Å²) < 4.78 is 1.98. The average molecular weight is 370 g/mol. The zero-order valence-electron chi connectivity index (χ0n) is 15.5. The van der Waals surface area contributed by atoms with Gasteiger partial charge in [0.1, 0.15) is 5.65 Å². The quantitative estimate of drug-likeness (QED) is 0.532. The van der Waals surface area contributed by atoms with E-state index in [9.17, 15) is 4.79 Å². The van der Waals surface area contributed by atoms with E-state index in [2.05, 4.69) is 27.8 Å². The summed E-state index contributed by atoms with van der Waals surface area (Å²) in [7, 11) is 0. The predicted molar refractivity (Wildman–Crippen MR) is 112 cm³/mol. The molecular formula is C23H22N4O. The van der Waals surface area contributed by atoms with Crippen LogP contribution in [0.2, 0.25) is 0 Å². The molecule has 0 spiro atoms. The summed E-state index contributed by atoms with van der Waals surface area (Å²) in [6.07, 6.45) is 5.42. The minimum absolute atomic E-state index is 0.204. The second-order valence-electron chi connectivity index (χ2n) is 6.65. The van der Waals surface area contributed by atoms with Gasteiger partial charge in [-0.3, -0.25) is 0 Å². The van der Waals surface area contributed by atoms with Crippen LogP contribution in [0.15, 0.2) is 85.2 Å². The molecule has 2 amide bonds. The van der Waals surface area contributed by atoms with Gasteiger partial charge in [-0.2, -0.15) is 0 Å². The molecule has 0 atom stereocenters. The first-order valence-electron chi connectivity index (χ1n) is 9.37. The van der Waals surface area contributed by atoms with Crippen molar-refractivity contribution in [3.8, 4) is 0 Å². The third kappa shape index (κ3) is 4.38. The van der Waals surface area contributed by atoms with Crippen molar-refractivity contribution in [1.29, 1.82) is 0 Å². The second kappa shape index (κ2) is 8.39. The highest BCUT2D eigenvalue weighted by Crippen LogP contribution is 2.19. The fourth-order valence-electron chi connectivity index (χ4n) is 3.19. The molecule has 0 bridgehead atoms. The summed E-state index contributed by atoms with van der Waals surface area (Å²) in [5.74, 6) is 0. The van der Waals surface area contributed by atoms with E-state index in [1.807, 2.05) is 77.5 Å². The Morgan fingerprint density at radius 1 is 0.929 bits per heavy atom. The highest BCUT2D eigenvalue weighted by molar-refractivity contribution is 5.90. The number of aromatic nitrogens is 2. The number of anilines is 1. The van der Waals surface area contributed by atoms with Crippen LogP contribution >= 0.6 is 0 Å². The Morgan fingerprint density at radius 2 is 1.71 bits per heavy atom. The van der Waals surface area contributed by atoms with Gasteiger partial charge in [0, 0.05) is 31.0 Å². The molecule has 2 aromatic carbocycles. The van der Waals surface area contributed by atoms with Gasteiger partial charge in [-0.15, -0.1) is 0 Å². The van der Waals surface area contributed by atoms with Crippen LogP contribution in [-0.4, -0.2) is 22.0 Å². The molecule has 0 radical (unpaired) electrons. The van der Waals surface area contributed by atoms with Crippen LogP contribution in [0, 0.1) is 0 Å². The number of nitrogens with one attached hydrogen (secondary N) is 2. The summed E-state index contributed by atoms with van der Waals surface area (Å²) >= 11 is 0. The maximum atomic E-state index is 12.3. The Labute approximate surface area is 164 Å². The van der Waals surface area contributed by atoms with E-state index in [1.165, 1.54) is 5.56 Å². The molecule has 5 nitrogen and oxygen atoms in total. The van der Waals surface area contributed by atoms with Gasteiger partial charge in [-0.05, 0) is 35.7 Å². The summed E-state index contributed by atoms with van der Waals surface area (Å²) in [4.78, 5) is 16.9. The van der Waals surface area contributed by atoms with Gasteiger partial charge < -0.3 is 15.0 Å². The largest absolute Gasteiger partial charge is 0.337 e. The Morgan fingerprint density at radius 3 is 2.57 bits per heavy atom. The van der Waals surface area contributed by atoms with E-state index in [4.69, 9.17) is 0 Å². The number of pyridine rings is 1. The molecule has 0 fully saturated rings. The molecule has 2 aromatic heterocycles. The van der Waals surface area contributed by atoms with Gasteiger partial charge in [0.25, 0.3) is 0 Å². The first-order chi connectivity index (χ1) is 13.8. The maximum absolute atomic E-state index is 12.3. The highest BCUT2D eigenvalue weighted by Gasteiger charge is 2.07. The van der Waals surface area contributed by atoms with Crippen molar-refractivity contribution in [3.63, 3.8) is 0 Å². The fraction of sp³-hybridized carbons (Fsp3) is 0.130. The molecule has 0 unspecified atom stereocenters. The first-order valence-corrected chi connectivity index (χ1v) is 9.37. The summed E-state index contributed by atoms with van der Waals surface area (Å²) in [5.41, 5.74) is 5.00. The number of urea groups is 1. The molecule has 28 heavy (non-hydrogen) atoms. The number of hydrogen-bond acceptors (Lipinski definition) is 2. The van der Waals surface area contributed by atoms with E-state index in [0.717, 1.165) is 29.0 Å². The molecule has 140 valence electrons. The number of imidazole rings is 1. The monoisotopic (exact) mass is 370 g/mol. The van der Waals surface area contributed by atoms with Gasteiger partial charge in [-0.1, -0.05) is 54.6 Å². The zero-order valence-corrected chi connectivity index (χ0v) is 15.5. The van der Waals surface area contributed by atoms with Crippen LogP contribution in [-0.2, 0) is 12.8 Å². The van der Waals surface area contributed by atoms with Gasteiger partial charge in [-0.25, -0.2) is 9.78 Å². The van der Waals surface area contributed by atoms with E-state index in [1.54, 1.807) is 0 Å². The normalized spacial score (nSPS) is 10.7. The molecule has 0 aliphatic rings. The molecule has 0 aliphatic carbocycles. The first kappa shape index (κ1) is 17.8. The van der Waals surface area contributed by atoms with E-state index in [-0.39, 0.29) is 6.03 Å². The van der Waals surface area contributed by atoms with Gasteiger partial charge in [0.05, 0.1) is 5.69 Å². The van der Waals surface area contributed by atoms with Crippen molar-refractivity contribution >= 4 is 17.4 Å². The fourth-order valence-corrected chi connectivity index (χ4v) is 3.19. The van der Waals surface area contributed by atoms with Crippen molar-refractivity contribution in [2.75, 3.05) is 11.9 Å². The number of fused-ring (bicyclic) bond motifs is 1. The minimum atomic E-state index is -0.204. The van der Waals surface area contributed by atoms with Crippen LogP contribution in [0.4, 0.5) is 10.5 Å². The van der Waals surface area contributed by atoms with Crippen LogP contribution in [0.3, 0.4) is 0 Å². The van der Waals surface area contributed by atoms with Gasteiger partial charge >= 0.3 is 6.03 Å². The standard InChI is InChI=1S/C23H22N4O/c28-23(24-14-13-20-17-27-15-7-6-12-22(27)25-20)26-21-11-5-4-10-19(21)16-18-8-2-1-3-9-18/h1-12,15,17H,13-14,16H2,(H2,24,26,28). The van der Waals surface area contributed by atoms with Gasteiger partial charge in [0.2, 0.25) is 0 Å². The molecule has 4 rings (SSSR count). The number of nitrogens with zero attached hydrogens (tertiary/aromatic N) is 2. The van der Waals surface area contributed by atoms with Crippen molar-refractivity contribution < 1.29 is 4.79 Å². The molecular weight excluding hydrogens is 348 g/mol. The van der Waals surface area contributed by atoms with Crippen LogP contribution in [0.25, 0.3) is 5.65 Å². The third-order valence-corrected chi connectivity index (χ3v) is 4.58. The number of carbonyl (C=O) groups is 1. The third-order valence-electron chi connectivity index (χ3n) is 4.58. The topological polar surface area (TPSA) is 58.4 Å². The highest BCUT2D eigenvalue weighted by atomic mass is 16.2. The van der Waals surface area contributed by atoms with Crippen molar-refractivity contribution in [1.82, 2.24) is 14.7 Å². The number of benzene rings is 2. The smallest absolute Gasteiger partial charge is 0.319 e.